The van der Waals surface area contributed by atoms with E-state index < -0.39 is 0 Å². The lowest BCUT2D eigenvalue weighted by atomic mass is 10.1. The molecule has 96 valence electrons. The standard InChI is InChI=1S/C16H16N2O/c1-11-9-15(19)7-8-16(11)18-12(2)14-5-3-13(10-17)4-6-14/h3-9,12,18-19H,1-2H3. The molecule has 0 aromatic heterocycles. The van der Waals surface area contributed by atoms with Gasteiger partial charge in [0.25, 0.3) is 0 Å². The Labute approximate surface area is 113 Å². The Kier molecular flexibility index (Phi) is 3.72. The minimum absolute atomic E-state index is 0.135. The maximum Gasteiger partial charge on any atom is 0.115 e. The molecule has 2 rings (SSSR count). The van der Waals surface area contributed by atoms with Crippen LogP contribution in [-0.4, -0.2) is 5.11 Å². The number of hydrogen-bond donors (Lipinski definition) is 2. The number of aromatic hydroxyl groups is 1. The highest BCUT2D eigenvalue weighted by Crippen LogP contribution is 2.25. The monoisotopic (exact) mass is 252 g/mol. The number of hydrogen-bond acceptors (Lipinski definition) is 3. The van der Waals surface area contributed by atoms with E-state index in [0.29, 0.717) is 5.56 Å². The minimum Gasteiger partial charge on any atom is -0.508 e. The smallest absolute Gasteiger partial charge is 0.115 e. The first-order valence-electron chi connectivity index (χ1n) is 6.16. The van der Waals surface area contributed by atoms with Gasteiger partial charge in [-0.2, -0.15) is 5.26 Å². The third kappa shape index (κ3) is 3.05. The largest absolute Gasteiger partial charge is 0.508 e. The lowest BCUT2D eigenvalue weighted by Gasteiger charge is -2.17. The van der Waals surface area contributed by atoms with Gasteiger partial charge in [0, 0.05) is 11.7 Å². The summed E-state index contributed by atoms with van der Waals surface area (Å²) in [6.07, 6.45) is 0. The van der Waals surface area contributed by atoms with Crippen molar-refractivity contribution in [2.75, 3.05) is 5.32 Å². The van der Waals surface area contributed by atoms with Gasteiger partial charge in [0.2, 0.25) is 0 Å². The molecule has 1 unspecified atom stereocenters. The number of nitrogens with zero attached hydrogens (tertiary/aromatic N) is 1. The van der Waals surface area contributed by atoms with Crippen LogP contribution in [0, 0.1) is 18.3 Å². The topological polar surface area (TPSA) is 56.0 Å². The van der Waals surface area contributed by atoms with Crippen molar-refractivity contribution in [1.29, 1.82) is 5.26 Å². The van der Waals surface area contributed by atoms with Crippen molar-refractivity contribution in [1.82, 2.24) is 0 Å². The minimum atomic E-state index is 0.135. The van der Waals surface area contributed by atoms with E-state index in [1.165, 1.54) is 0 Å². The summed E-state index contributed by atoms with van der Waals surface area (Å²) in [5, 5.41) is 21.6. The van der Waals surface area contributed by atoms with E-state index in [1.807, 2.05) is 37.3 Å². The van der Waals surface area contributed by atoms with Gasteiger partial charge in [-0.05, 0) is 55.3 Å². The van der Waals surface area contributed by atoms with E-state index in [1.54, 1.807) is 12.1 Å². The number of aryl methyl sites for hydroxylation is 1. The molecule has 0 spiro atoms. The molecule has 0 aliphatic rings. The molecule has 0 amide bonds. The number of nitrogens with one attached hydrogen (secondary N) is 1. The van der Waals surface area contributed by atoms with Crippen LogP contribution in [0.2, 0.25) is 0 Å². The fourth-order valence-electron chi connectivity index (χ4n) is 1.97. The predicted octanol–water partition coefficient (Wildman–Crippen LogP) is 3.75. The maximum absolute atomic E-state index is 9.39. The van der Waals surface area contributed by atoms with Crippen LogP contribution in [0.1, 0.15) is 29.7 Å². The molecule has 0 fully saturated rings. The van der Waals surface area contributed by atoms with Gasteiger partial charge in [0.15, 0.2) is 0 Å². The molecule has 0 aliphatic carbocycles. The first-order chi connectivity index (χ1) is 9.10. The third-order valence-electron chi connectivity index (χ3n) is 3.12. The molecule has 2 N–H and O–H groups in total. The molecule has 2 aromatic rings. The van der Waals surface area contributed by atoms with Crippen molar-refractivity contribution < 1.29 is 5.11 Å². The molecule has 2 aromatic carbocycles. The van der Waals surface area contributed by atoms with Gasteiger partial charge >= 0.3 is 0 Å². The molecule has 0 bridgehead atoms. The molecule has 0 saturated carbocycles. The zero-order valence-electron chi connectivity index (χ0n) is 11.0. The molecular weight excluding hydrogens is 236 g/mol. The van der Waals surface area contributed by atoms with Crippen molar-refractivity contribution >= 4 is 5.69 Å². The summed E-state index contributed by atoms with van der Waals surface area (Å²) in [6.45, 7) is 4.02. The number of phenols is 1. The Morgan fingerprint density at radius 1 is 1.16 bits per heavy atom. The predicted molar refractivity (Wildman–Crippen MR) is 76.0 cm³/mol. The fourth-order valence-corrected chi connectivity index (χ4v) is 1.97. The zero-order valence-corrected chi connectivity index (χ0v) is 11.0. The molecular formula is C16H16N2O. The van der Waals surface area contributed by atoms with Crippen molar-refractivity contribution in [2.45, 2.75) is 19.9 Å². The van der Waals surface area contributed by atoms with Crippen molar-refractivity contribution in [3.63, 3.8) is 0 Å². The summed E-state index contributed by atoms with van der Waals surface area (Å²) >= 11 is 0. The van der Waals surface area contributed by atoms with Gasteiger partial charge in [-0.3, -0.25) is 0 Å². The summed E-state index contributed by atoms with van der Waals surface area (Å²) < 4.78 is 0. The molecule has 3 nitrogen and oxygen atoms in total. The van der Waals surface area contributed by atoms with Crippen LogP contribution in [0.15, 0.2) is 42.5 Å². The lowest BCUT2D eigenvalue weighted by molar-refractivity contribution is 0.475. The Balaban J connectivity index is 2.16. The molecule has 0 radical (unpaired) electrons. The zero-order chi connectivity index (χ0) is 13.8. The van der Waals surface area contributed by atoms with Crippen molar-refractivity contribution in [3.05, 3.63) is 59.2 Å². The summed E-state index contributed by atoms with van der Waals surface area (Å²) in [5.74, 6) is 0.272. The molecule has 19 heavy (non-hydrogen) atoms. The van der Waals surface area contributed by atoms with Crippen LogP contribution in [0.25, 0.3) is 0 Å². The summed E-state index contributed by atoms with van der Waals surface area (Å²) in [5.41, 5.74) is 3.78. The molecule has 3 heteroatoms. The van der Waals surface area contributed by atoms with E-state index in [4.69, 9.17) is 5.26 Å². The number of nitriles is 1. The second kappa shape index (κ2) is 5.45. The van der Waals surface area contributed by atoms with Crippen molar-refractivity contribution in [3.8, 4) is 11.8 Å². The number of anilines is 1. The average molecular weight is 252 g/mol. The summed E-state index contributed by atoms with van der Waals surface area (Å²) in [4.78, 5) is 0. The van der Waals surface area contributed by atoms with Gasteiger partial charge in [-0.15, -0.1) is 0 Å². The number of phenolic OH excluding ortho intramolecular Hbond substituents is 1. The molecule has 0 aliphatic heterocycles. The number of benzene rings is 2. The average Bonchev–Trinajstić information content (AvgIpc) is 2.42. The highest BCUT2D eigenvalue weighted by Gasteiger charge is 2.07. The number of rotatable bonds is 3. The summed E-state index contributed by atoms with van der Waals surface area (Å²) in [7, 11) is 0. The van der Waals surface area contributed by atoms with Crippen LogP contribution >= 0.6 is 0 Å². The quantitative estimate of drug-likeness (QED) is 0.818. The van der Waals surface area contributed by atoms with Crippen LogP contribution in [0.3, 0.4) is 0 Å². The Morgan fingerprint density at radius 2 is 1.84 bits per heavy atom. The second-order valence-corrected chi connectivity index (χ2v) is 4.60. The van der Waals surface area contributed by atoms with E-state index in [9.17, 15) is 5.11 Å². The summed E-state index contributed by atoms with van der Waals surface area (Å²) in [6, 6.07) is 15.0. The van der Waals surface area contributed by atoms with Gasteiger partial charge in [-0.25, -0.2) is 0 Å². The van der Waals surface area contributed by atoms with E-state index >= 15 is 0 Å². The van der Waals surface area contributed by atoms with Gasteiger partial charge in [-0.1, -0.05) is 12.1 Å². The highest BCUT2D eigenvalue weighted by atomic mass is 16.3. The fraction of sp³-hybridized carbons (Fsp3) is 0.188. The highest BCUT2D eigenvalue weighted by molar-refractivity contribution is 5.54. The first kappa shape index (κ1) is 13.0. The van der Waals surface area contributed by atoms with Gasteiger partial charge < -0.3 is 10.4 Å². The SMILES string of the molecule is Cc1cc(O)ccc1NC(C)c1ccc(C#N)cc1. The van der Waals surface area contributed by atoms with Crippen LogP contribution < -0.4 is 5.32 Å². The van der Waals surface area contributed by atoms with Gasteiger partial charge in [0.05, 0.1) is 11.6 Å². The molecule has 0 saturated heterocycles. The Bertz CT molecular complexity index is 612. The van der Waals surface area contributed by atoms with Gasteiger partial charge in [0.1, 0.15) is 5.75 Å². The normalized spacial score (nSPS) is 11.6. The first-order valence-corrected chi connectivity index (χ1v) is 6.16. The second-order valence-electron chi connectivity index (χ2n) is 4.60. The third-order valence-corrected chi connectivity index (χ3v) is 3.12. The van der Waals surface area contributed by atoms with Crippen molar-refractivity contribution in [2.24, 2.45) is 0 Å². The van der Waals surface area contributed by atoms with E-state index in [0.717, 1.165) is 16.8 Å². The Morgan fingerprint density at radius 3 is 2.42 bits per heavy atom. The molecule has 1 atom stereocenters. The van der Waals surface area contributed by atoms with E-state index in [-0.39, 0.29) is 11.8 Å². The van der Waals surface area contributed by atoms with Crippen LogP contribution in [0.5, 0.6) is 5.75 Å². The van der Waals surface area contributed by atoms with Crippen LogP contribution in [-0.2, 0) is 0 Å². The maximum atomic E-state index is 9.39. The molecule has 0 heterocycles. The van der Waals surface area contributed by atoms with Crippen LogP contribution in [0.4, 0.5) is 5.69 Å². The Hall–Kier alpha value is -2.47. The van der Waals surface area contributed by atoms with E-state index in [2.05, 4.69) is 18.3 Å². The lowest BCUT2D eigenvalue weighted by Crippen LogP contribution is -2.07.